The molecule has 1 aliphatic heterocycles. The van der Waals surface area contributed by atoms with E-state index < -0.39 is 10.8 Å². The average molecular weight is 162 g/mol. The first-order valence-electron chi connectivity index (χ1n) is 2.94. The van der Waals surface area contributed by atoms with Crippen LogP contribution in [0.15, 0.2) is 4.99 Å². The molecule has 0 aromatic heterocycles. The molecule has 0 N–H and O–H groups in total. The summed E-state index contributed by atoms with van der Waals surface area (Å²) in [5.74, 6) is 0.525. The van der Waals surface area contributed by atoms with Crippen LogP contribution in [-0.2, 0) is 9.53 Å². The maximum atomic E-state index is 10.7. The van der Waals surface area contributed by atoms with Crippen LogP contribution in [0.1, 0.15) is 13.8 Å². The van der Waals surface area contributed by atoms with Crippen LogP contribution in [0.3, 0.4) is 0 Å². The number of nitrogens with zero attached hydrogens (tertiary/aromatic N) is 1. The third kappa shape index (κ3) is 1.14. The molecule has 3 nitrogen and oxygen atoms in total. The number of carbonyl (C=O) groups is 1. The molecule has 10 heavy (non-hydrogen) atoms. The number of halogens is 1. The van der Waals surface area contributed by atoms with Gasteiger partial charge in [0.15, 0.2) is 11.4 Å². The van der Waals surface area contributed by atoms with Crippen molar-refractivity contribution >= 4 is 22.7 Å². The Hall–Kier alpha value is -0.570. The van der Waals surface area contributed by atoms with Crippen molar-refractivity contribution < 1.29 is 9.53 Å². The minimum atomic E-state index is -0.842. The summed E-state index contributed by atoms with van der Waals surface area (Å²) in [6.07, 6.45) is 0. The maximum absolute atomic E-state index is 10.7. The lowest BCUT2D eigenvalue weighted by Gasteiger charge is -2.10. The first kappa shape index (κ1) is 7.54. The quantitative estimate of drug-likeness (QED) is 0.538. The zero-order chi connectivity index (χ0) is 7.78. The first-order valence-corrected chi connectivity index (χ1v) is 3.31. The summed E-state index contributed by atoms with van der Waals surface area (Å²) in [5.41, 5.74) is -0.842. The maximum Gasteiger partial charge on any atom is 0.252 e. The van der Waals surface area contributed by atoms with Gasteiger partial charge in [-0.15, -0.1) is 0 Å². The van der Waals surface area contributed by atoms with Gasteiger partial charge in [0, 0.05) is 6.92 Å². The zero-order valence-corrected chi connectivity index (χ0v) is 6.60. The van der Waals surface area contributed by atoms with Crippen molar-refractivity contribution in [3.63, 3.8) is 0 Å². The summed E-state index contributed by atoms with van der Waals surface area (Å²) < 4.78 is 4.97. The second kappa shape index (κ2) is 2.23. The van der Waals surface area contributed by atoms with Crippen molar-refractivity contribution in [3.05, 3.63) is 0 Å². The molecule has 1 aliphatic rings. The van der Waals surface area contributed by atoms with Gasteiger partial charge in [-0.1, -0.05) is 0 Å². The molecule has 0 bridgehead atoms. The molecule has 1 heterocycles. The summed E-state index contributed by atoms with van der Waals surface area (Å²) in [5, 5.41) is -0.468. The van der Waals surface area contributed by atoms with Gasteiger partial charge in [-0.25, -0.2) is 4.99 Å². The van der Waals surface area contributed by atoms with Gasteiger partial charge in [-0.2, -0.15) is 0 Å². The normalized spacial score (nSPS) is 31.3. The smallest absolute Gasteiger partial charge is 0.252 e. The average Bonchev–Trinajstić information content (AvgIpc) is 2.13. The van der Waals surface area contributed by atoms with Gasteiger partial charge in [0.25, 0.3) is 5.24 Å². The van der Waals surface area contributed by atoms with Gasteiger partial charge in [-0.05, 0) is 18.5 Å². The highest BCUT2D eigenvalue weighted by atomic mass is 35.5. The SMILES string of the molecule is CC1=NC(C)(C(=O)Cl)CO1. The second-order valence-corrected chi connectivity index (χ2v) is 2.81. The highest BCUT2D eigenvalue weighted by molar-refractivity contribution is 6.65. The van der Waals surface area contributed by atoms with Gasteiger partial charge in [0.2, 0.25) is 0 Å². The molecule has 1 atom stereocenters. The standard InChI is InChI=1S/C6H8ClNO2/c1-4-8-6(2,3-10-4)5(7)9/h3H2,1-2H3. The summed E-state index contributed by atoms with van der Waals surface area (Å²) in [6.45, 7) is 3.62. The van der Waals surface area contributed by atoms with Gasteiger partial charge in [0.05, 0.1) is 0 Å². The number of rotatable bonds is 1. The minimum Gasteiger partial charge on any atom is -0.478 e. The fourth-order valence-electron chi connectivity index (χ4n) is 0.758. The molecule has 0 aromatic carbocycles. The Balaban J connectivity index is 2.82. The van der Waals surface area contributed by atoms with Crippen molar-refractivity contribution in [3.8, 4) is 0 Å². The molecule has 0 aromatic rings. The van der Waals surface area contributed by atoms with Crippen LogP contribution in [0.5, 0.6) is 0 Å². The van der Waals surface area contributed by atoms with Crippen LogP contribution in [-0.4, -0.2) is 23.3 Å². The molecule has 1 rings (SSSR count). The van der Waals surface area contributed by atoms with E-state index in [1.165, 1.54) is 0 Å². The van der Waals surface area contributed by atoms with E-state index in [1.807, 2.05) is 0 Å². The Bertz CT molecular complexity index is 202. The Morgan fingerprint density at radius 1 is 1.90 bits per heavy atom. The van der Waals surface area contributed by atoms with Crippen molar-refractivity contribution in [2.75, 3.05) is 6.61 Å². The molecule has 0 fully saturated rings. The van der Waals surface area contributed by atoms with Crippen LogP contribution in [0.2, 0.25) is 0 Å². The van der Waals surface area contributed by atoms with Crippen LogP contribution < -0.4 is 0 Å². The number of hydrogen-bond donors (Lipinski definition) is 0. The number of carbonyl (C=O) groups excluding carboxylic acids is 1. The van der Waals surface area contributed by atoms with E-state index in [0.717, 1.165) is 0 Å². The van der Waals surface area contributed by atoms with Gasteiger partial charge >= 0.3 is 0 Å². The van der Waals surface area contributed by atoms with Gasteiger partial charge in [0.1, 0.15) is 6.61 Å². The predicted molar refractivity (Wildman–Crippen MR) is 38.3 cm³/mol. The molecule has 0 radical (unpaired) electrons. The Morgan fingerprint density at radius 3 is 2.70 bits per heavy atom. The highest BCUT2D eigenvalue weighted by Gasteiger charge is 2.36. The fraction of sp³-hybridized carbons (Fsp3) is 0.667. The molecular weight excluding hydrogens is 154 g/mol. The molecular formula is C6H8ClNO2. The lowest BCUT2D eigenvalue weighted by molar-refractivity contribution is -0.116. The summed E-state index contributed by atoms with van der Waals surface area (Å²) in [6, 6.07) is 0. The summed E-state index contributed by atoms with van der Waals surface area (Å²) >= 11 is 5.26. The largest absolute Gasteiger partial charge is 0.478 e. The molecule has 0 saturated carbocycles. The van der Waals surface area contributed by atoms with E-state index in [2.05, 4.69) is 4.99 Å². The van der Waals surface area contributed by atoms with Crippen molar-refractivity contribution in [2.45, 2.75) is 19.4 Å². The highest BCUT2D eigenvalue weighted by Crippen LogP contribution is 2.20. The van der Waals surface area contributed by atoms with Gasteiger partial charge < -0.3 is 4.74 Å². The third-order valence-corrected chi connectivity index (χ3v) is 1.80. The zero-order valence-electron chi connectivity index (χ0n) is 5.85. The molecule has 0 saturated heterocycles. The fourth-order valence-corrected chi connectivity index (χ4v) is 0.855. The topological polar surface area (TPSA) is 38.7 Å². The predicted octanol–water partition coefficient (Wildman–Crippen LogP) is 0.959. The van der Waals surface area contributed by atoms with E-state index in [-0.39, 0.29) is 6.61 Å². The second-order valence-electron chi connectivity index (χ2n) is 2.47. The molecule has 0 amide bonds. The third-order valence-electron chi connectivity index (χ3n) is 1.39. The van der Waals surface area contributed by atoms with Crippen LogP contribution in [0, 0.1) is 0 Å². The molecule has 0 spiro atoms. The van der Waals surface area contributed by atoms with Crippen LogP contribution in [0.25, 0.3) is 0 Å². The molecule has 4 heteroatoms. The Kier molecular flexibility index (Phi) is 1.68. The van der Waals surface area contributed by atoms with E-state index >= 15 is 0 Å². The van der Waals surface area contributed by atoms with Crippen LogP contribution in [0.4, 0.5) is 0 Å². The van der Waals surface area contributed by atoms with Crippen molar-refractivity contribution in [2.24, 2.45) is 4.99 Å². The monoisotopic (exact) mass is 161 g/mol. The summed E-state index contributed by atoms with van der Waals surface area (Å²) in [4.78, 5) is 14.6. The Morgan fingerprint density at radius 2 is 2.50 bits per heavy atom. The number of hydrogen-bond acceptors (Lipinski definition) is 3. The van der Waals surface area contributed by atoms with E-state index in [1.54, 1.807) is 13.8 Å². The van der Waals surface area contributed by atoms with Crippen LogP contribution >= 0.6 is 11.6 Å². The minimum absolute atomic E-state index is 0.265. The first-order chi connectivity index (χ1) is 4.54. The number of aliphatic imine (C=N–C) groups is 1. The van der Waals surface area contributed by atoms with E-state index in [0.29, 0.717) is 5.90 Å². The van der Waals surface area contributed by atoms with E-state index in [4.69, 9.17) is 16.3 Å². The summed E-state index contributed by atoms with van der Waals surface area (Å²) in [7, 11) is 0. The van der Waals surface area contributed by atoms with Gasteiger partial charge in [-0.3, -0.25) is 4.79 Å². The van der Waals surface area contributed by atoms with E-state index in [9.17, 15) is 4.79 Å². The Labute approximate surface area is 64.0 Å². The lowest BCUT2D eigenvalue weighted by atomic mass is 10.1. The van der Waals surface area contributed by atoms with Crippen molar-refractivity contribution in [1.29, 1.82) is 0 Å². The molecule has 56 valence electrons. The molecule has 1 unspecified atom stereocenters. The molecule has 0 aliphatic carbocycles. The van der Waals surface area contributed by atoms with Crippen molar-refractivity contribution in [1.82, 2.24) is 0 Å². The number of ether oxygens (including phenoxy) is 1. The lowest BCUT2D eigenvalue weighted by Crippen LogP contribution is -2.30.